The molecule has 1 aromatic heterocycles. The first-order chi connectivity index (χ1) is 12.1. The van der Waals surface area contributed by atoms with Gasteiger partial charge in [0.15, 0.2) is 0 Å². The molecule has 0 unspecified atom stereocenters. The number of carbonyl (C=O) groups excluding carboxylic acids is 3. The lowest BCUT2D eigenvalue weighted by atomic mass is 10.2. The van der Waals surface area contributed by atoms with Crippen molar-refractivity contribution < 1.29 is 19.1 Å². The van der Waals surface area contributed by atoms with Crippen LogP contribution in [-0.2, 0) is 4.79 Å². The highest BCUT2D eigenvalue weighted by Gasteiger charge is 2.08. The summed E-state index contributed by atoms with van der Waals surface area (Å²) in [5.41, 5.74) is 0.895. The number of amides is 2. The van der Waals surface area contributed by atoms with Gasteiger partial charge in [0, 0.05) is 38.0 Å². The first-order valence-electron chi connectivity index (χ1n) is 7.81. The molecule has 7 nitrogen and oxygen atoms in total. The smallest absolute Gasteiger partial charge is 0.308 e. The molecule has 2 rings (SSSR count). The highest BCUT2D eigenvalue weighted by Crippen LogP contribution is 2.13. The van der Waals surface area contributed by atoms with Crippen molar-refractivity contribution in [3.05, 3.63) is 59.9 Å². The van der Waals surface area contributed by atoms with Crippen molar-refractivity contribution >= 4 is 17.8 Å². The number of esters is 1. The van der Waals surface area contributed by atoms with E-state index in [9.17, 15) is 14.4 Å². The zero-order chi connectivity index (χ0) is 18.1. The zero-order valence-corrected chi connectivity index (χ0v) is 13.8. The summed E-state index contributed by atoms with van der Waals surface area (Å²) in [5.74, 6) is -0.591. The normalized spacial score (nSPS) is 9.96. The molecule has 130 valence electrons. The van der Waals surface area contributed by atoms with Gasteiger partial charge in [-0.25, -0.2) is 0 Å². The first-order valence-corrected chi connectivity index (χ1v) is 7.81. The van der Waals surface area contributed by atoms with Crippen molar-refractivity contribution in [1.82, 2.24) is 15.6 Å². The number of pyridine rings is 1. The molecule has 0 aliphatic carbocycles. The molecule has 0 aliphatic heterocycles. The average Bonchev–Trinajstić information content (AvgIpc) is 2.61. The van der Waals surface area contributed by atoms with Crippen LogP contribution in [0.5, 0.6) is 5.75 Å². The molecule has 2 aromatic rings. The van der Waals surface area contributed by atoms with Crippen LogP contribution in [0.3, 0.4) is 0 Å². The fourth-order valence-corrected chi connectivity index (χ4v) is 2.06. The van der Waals surface area contributed by atoms with Gasteiger partial charge in [0.1, 0.15) is 5.75 Å². The predicted octanol–water partition coefficient (Wildman–Crippen LogP) is 1.56. The summed E-state index contributed by atoms with van der Waals surface area (Å²) in [6, 6.07) is 9.75. The van der Waals surface area contributed by atoms with E-state index >= 15 is 0 Å². The van der Waals surface area contributed by atoms with Gasteiger partial charge in [0.2, 0.25) is 0 Å². The molecule has 0 spiro atoms. The van der Waals surface area contributed by atoms with Crippen LogP contribution in [0.25, 0.3) is 0 Å². The molecule has 0 bridgehead atoms. The number of nitrogens with zero attached hydrogens (tertiary/aromatic N) is 1. The number of carbonyl (C=O) groups is 3. The molecule has 0 radical (unpaired) electrons. The Bertz CT molecular complexity index is 747. The van der Waals surface area contributed by atoms with Crippen LogP contribution >= 0.6 is 0 Å². The van der Waals surface area contributed by atoms with E-state index in [4.69, 9.17) is 4.74 Å². The van der Waals surface area contributed by atoms with E-state index in [1.165, 1.54) is 19.2 Å². The van der Waals surface area contributed by atoms with E-state index in [1.54, 1.807) is 36.5 Å². The second-order valence-corrected chi connectivity index (χ2v) is 5.23. The topological polar surface area (TPSA) is 97.4 Å². The minimum absolute atomic E-state index is 0.200. The molecule has 0 saturated carbocycles. The Morgan fingerprint density at radius 1 is 1.00 bits per heavy atom. The van der Waals surface area contributed by atoms with Gasteiger partial charge in [-0.3, -0.25) is 19.4 Å². The fourth-order valence-electron chi connectivity index (χ4n) is 2.06. The second-order valence-electron chi connectivity index (χ2n) is 5.23. The lowest BCUT2D eigenvalue weighted by Gasteiger charge is -2.08. The maximum atomic E-state index is 12.1. The SMILES string of the molecule is CC(=O)Oc1cccc(C(=O)NCCCNC(=O)c2cccnc2)c1. The maximum absolute atomic E-state index is 12.1. The Labute approximate surface area is 145 Å². The summed E-state index contributed by atoms with van der Waals surface area (Å²) in [5, 5.41) is 5.51. The van der Waals surface area contributed by atoms with Crippen LogP contribution in [0.15, 0.2) is 48.8 Å². The van der Waals surface area contributed by atoms with Crippen molar-refractivity contribution in [3.63, 3.8) is 0 Å². The quantitative estimate of drug-likeness (QED) is 0.452. The molecular formula is C18H19N3O4. The first kappa shape index (κ1) is 18.1. The number of aromatic nitrogens is 1. The minimum atomic E-state index is -0.443. The Hall–Kier alpha value is -3.22. The number of nitrogens with one attached hydrogen (secondary N) is 2. The monoisotopic (exact) mass is 341 g/mol. The van der Waals surface area contributed by atoms with Crippen molar-refractivity contribution in [2.24, 2.45) is 0 Å². The highest BCUT2D eigenvalue weighted by atomic mass is 16.5. The van der Waals surface area contributed by atoms with Gasteiger partial charge < -0.3 is 15.4 Å². The van der Waals surface area contributed by atoms with Crippen LogP contribution in [0.2, 0.25) is 0 Å². The molecule has 2 amide bonds. The second kappa shape index (κ2) is 9.17. The van der Waals surface area contributed by atoms with E-state index in [-0.39, 0.29) is 11.8 Å². The van der Waals surface area contributed by atoms with Gasteiger partial charge in [-0.05, 0) is 36.8 Å². The van der Waals surface area contributed by atoms with Gasteiger partial charge in [-0.1, -0.05) is 6.07 Å². The van der Waals surface area contributed by atoms with Crippen LogP contribution in [0, 0.1) is 0 Å². The molecule has 0 saturated heterocycles. The highest BCUT2D eigenvalue weighted by molar-refractivity contribution is 5.95. The van der Waals surface area contributed by atoms with Crippen LogP contribution in [0.1, 0.15) is 34.1 Å². The van der Waals surface area contributed by atoms with Crippen LogP contribution in [0.4, 0.5) is 0 Å². The number of hydrogen-bond donors (Lipinski definition) is 2. The molecular weight excluding hydrogens is 322 g/mol. The van der Waals surface area contributed by atoms with Crippen molar-refractivity contribution in [3.8, 4) is 5.75 Å². The van der Waals surface area contributed by atoms with Gasteiger partial charge >= 0.3 is 5.97 Å². The molecule has 0 atom stereocenters. The van der Waals surface area contributed by atoms with E-state index in [0.717, 1.165) is 0 Å². The maximum Gasteiger partial charge on any atom is 0.308 e. The lowest BCUT2D eigenvalue weighted by Crippen LogP contribution is -2.30. The van der Waals surface area contributed by atoms with E-state index in [2.05, 4.69) is 15.6 Å². The van der Waals surface area contributed by atoms with Gasteiger partial charge in [0.05, 0.1) is 5.56 Å². The molecule has 0 fully saturated rings. The Kier molecular flexibility index (Phi) is 6.65. The summed E-state index contributed by atoms with van der Waals surface area (Å²) in [6.45, 7) is 2.14. The lowest BCUT2D eigenvalue weighted by molar-refractivity contribution is -0.131. The zero-order valence-electron chi connectivity index (χ0n) is 13.8. The third kappa shape index (κ3) is 6.06. The fraction of sp³-hybridized carbons (Fsp3) is 0.222. The number of benzene rings is 1. The third-order valence-electron chi connectivity index (χ3n) is 3.21. The van der Waals surface area contributed by atoms with Crippen molar-refractivity contribution in [2.75, 3.05) is 13.1 Å². The molecule has 1 heterocycles. The minimum Gasteiger partial charge on any atom is -0.427 e. The average molecular weight is 341 g/mol. The van der Waals surface area contributed by atoms with Gasteiger partial charge in [-0.2, -0.15) is 0 Å². The number of ether oxygens (including phenoxy) is 1. The van der Waals surface area contributed by atoms with Gasteiger partial charge in [-0.15, -0.1) is 0 Å². The molecule has 2 N–H and O–H groups in total. The Morgan fingerprint density at radius 3 is 2.32 bits per heavy atom. The van der Waals surface area contributed by atoms with Crippen LogP contribution in [-0.4, -0.2) is 35.9 Å². The molecule has 25 heavy (non-hydrogen) atoms. The van der Waals surface area contributed by atoms with E-state index < -0.39 is 5.97 Å². The predicted molar refractivity (Wildman–Crippen MR) is 91.3 cm³/mol. The largest absolute Gasteiger partial charge is 0.427 e. The summed E-state index contributed by atoms with van der Waals surface area (Å²) < 4.78 is 4.94. The number of hydrogen-bond acceptors (Lipinski definition) is 5. The van der Waals surface area contributed by atoms with Crippen molar-refractivity contribution in [1.29, 1.82) is 0 Å². The summed E-state index contributed by atoms with van der Waals surface area (Å²) in [6.07, 6.45) is 3.68. The summed E-state index contributed by atoms with van der Waals surface area (Å²) in [4.78, 5) is 38.7. The number of rotatable bonds is 7. The summed E-state index contributed by atoms with van der Waals surface area (Å²) in [7, 11) is 0. The Balaban J connectivity index is 1.72. The van der Waals surface area contributed by atoms with E-state index in [1.807, 2.05) is 0 Å². The summed E-state index contributed by atoms with van der Waals surface area (Å²) >= 11 is 0. The standard InChI is InChI=1S/C18H19N3O4/c1-13(22)25-16-7-2-5-14(11-16)17(23)20-9-4-10-21-18(24)15-6-3-8-19-12-15/h2-3,5-8,11-12H,4,9-10H2,1H3,(H,20,23)(H,21,24). The van der Waals surface area contributed by atoms with Crippen molar-refractivity contribution in [2.45, 2.75) is 13.3 Å². The molecule has 0 aliphatic rings. The van der Waals surface area contributed by atoms with Crippen LogP contribution < -0.4 is 15.4 Å². The Morgan fingerprint density at radius 2 is 1.68 bits per heavy atom. The molecule has 1 aromatic carbocycles. The van der Waals surface area contributed by atoms with Gasteiger partial charge in [0.25, 0.3) is 11.8 Å². The molecule has 7 heteroatoms. The van der Waals surface area contributed by atoms with E-state index in [0.29, 0.717) is 36.4 Å². The third-order valence-corrected chi connectivity index (χ3v) is 3.21.